The highest BCUT2D eigenvalue weighted by atomic mass is 32.2. The van der Waals surface area contributed by atoms with E-state index in [4.69, 9.17) is 4.74 Å². The van der Waals surface area contributed by atoms with Gasteiger partial charge in [-0.15, -0.1) is 0 Å². The van der Waals surface area contributed by atoms with Gasteiger partial charge >= 0.3 is 0 Å². The zero-order valence-electron chi connectivity index (χ0n) is 12.9. The van der Waals surface area contributed by atoms with E-state index in [1.165, 1.54) is 0 Å². The van der Waals surface area contributed by atoms with Crippen molar-refractivity contribution in [2.45, 2.75) is 32.6 Å². The minimum Gasteiger partial charge on any atom is -0.382 e. The van der Waals surface area contributed by atoms with Crippen molar-refractivity contribution < 1.29 is 13.2 Å². The second-order valence-electron chi connectivity index (χ2n) is 4.80. The number of rotatable bonds is 11. The first-order valence-corrected chi connectivity index (χ1v) is 9.06. The van der Waals surface area contributed by atoms with E-state index in [-0.39, 0.29) is 5.75 Å². The lowest BCUT2D eigenvalue weighted by atomic mass is 10.1. The molecule has 0 unspecified atom stereocenters. The van der Waals surface area contributed by atoms with Crippen LogP contribution in [-0.2, 0) is 27.1 Å². The van der Waals surface area contributed by atoms with Crippen LogP contribution in [0.4, 0.5) is 0 Å². The average molecular weight is 314 g/mol. The molecule has 21 heavy (non-hydrogen) atoms. The molecule has 0 heterocycles. The summed E-state index contributed by atoms with van der Waals surface area (Å²) in [4.78, 5) is 0. The van der Waals surface area contributed by atoms with Crippen LogP contribution in [0.3, 0.4) is 0 Å². The fourth-order valence-electron chi connectivity index (χ4n) is 1.84. The molecule has 1 aromatic carbocycles. The van der Waals surface area contributed by atoms with Crippen LogP contribution >= 0.6 is 0 Å². The van der Waals surface area contributed by atoms with Gasteiger partial charge in [-0.2, -0.15) is 0 Å². The summed E-state index contributed by atoms with van der Waals surface area (Å²) in [5, 5.41) is 3.23. The van der Waals surface area contributed by atoms with Crippen molar-refractivity contribution in [2.24, 2.45) is 0 Å². The van der Waals surface area contributed by atoms with E-state index in [1.807, 2.05) is 31.2 Å². The molecule has 0 spiro atoms. The Morgan fingerprint density at radius 3 is 2.38 bits per heavy atom. The molecule has 0 saturated heterocycles. The van der Waals surface area contributed by atoms with Crippen molar-refractivity contribution in [1.29, 1.82) is 0 Å². The topological polar surface area (TPSA) is 67.4 Å². The normalized spacial score (nSPS) is 11.7. The third-order valence-corrected chi connectivity index (χ3v) is 4.31. The van der Waals surface area contributed by atoms with Crippen LogP contribution in [0, 0.1) is 0 Å². The molecular weight excluding hydrogens is 288 g/mol. The molecule has 120 valence electrons. The van der Waals surface area contributed by atoms with Gasteiger partial charge in [0.05, 0.1) is 5.75 Å². The number of sulfonamides is 1. The Bertz CT molecular complexity index is 486. The zero-order valence-corrected chi connectivity index (χ0v) is 13.7. The standard InChI is InChI=1S/C15H26N2O3S/c1-3-16-12-14-6-8-15(9-7-14)13-21(18,19)17-10-5-11-20-4-2/h6-9,16-17H,3-5,10-13H2,1-2H3. The van der Waals surface area contributed by atoms with Crippen molar-refractivity contribution >= 4 is 10.0 Å². The summed E-state index contributed by atoms with van der Waals surface area (Å²) in [6.45, 7) is 7.36. The molecule has 2 N–H and O–H groups in total. The third kappa shape index (κ3) is 8.16. The summed E-state index contributed by atoms with van der Waals surface area (Å²) in [5.41, 5.74) is 1.95. The summed E-state index contributed by atoms with van der Waals surface area (Å²) in [6, 6.07) is 7.66. The molecule has 0 aliphatic rings. The molecule has 0 bridgehead atoms. The quantitative estimate of drug-likeness (QED) is 0.609. The van der Waals surface area contributed by atoms with Gasteiger partial charge in [-0.05, 0) is 31.0 Å². The molecule has 0 amide bonds. The van der Waals surface area contributed by atoms with Gasteiger partial charge in [0.2, 0.25) is 10.0 Å². The second kappa shape index (κ2) is 9.89. The molecule has 0 radical (unpaired) electrons. The minimum absolute atomic E-state index is 0.0170. The highest BCUT2D eigenvalue weighted by molar-refractivity contribution is 7.88. The summed E-state index contributed by atoms with van der Waals surface area (Å²) in [5.74, 6) is 0.0170. The first kappa shape index (κ1) is 18.1. The molecule has 0 aliphatic carbocycles. The monoisotopic (exact) mass is 314 g/mol. The van der Waals surface area contributed by atoms with Crippen LogP contribution < -0.4 is 10.0 Å². The fourth-order valence-corrected chi connectivity index (χ4v) is 3.03. The molecule has 0 fully saturated rings. The van der Waals surface area contributed by atoms with E-state index in [0.29, 0.717) is 26.2 Å². The van der Waals surface area contributed by atoms with Gasteiger partial charge in [-0.25, -0.2) is 13.1 Å². The molecule has 0 aliphatic heterocycles. The van der Waals surface area contributed by atoms with Gasteiger partial charge in [0.1, 0.15) is 0 Å². The summed E-state index contributed by atoms with van der Waals surface area (Å²) in [6.07, 6.45) is 0.689. The molecule has 1 rings (SSSR count). The number of hydrogen-bond donors (Lipinski definition) is 2. The number of hydrogen-bond acceptors (Lipinski definition) is 4. The lowest BCUT2D eigenvalue weighted by Crippen LogP contribution is -2.26. The number of ether oxygens (including phenoxy) is 1. The SMILES string of the molecule is CCNCc1ccc(CS(=O)(=O)NCCCOCC)cc1. The van der Waals surface area contributed by atoms with Gasteiger partial charge in [-0.1, -0.05) is 31.2 Å². The summed E-state index contributed by atoms with van der Waals surface area (Å²) in [7, 11) is -3.27. The van der Waals surface area contributed by atoms with Gasteiger partial charge in [0.15, 0.2) is 0 Å². The molecule has 6 heteroatoms. The molecule has 5 nitrogen and oxygen atoms in total. The molecular formula is C15H26N2O3S. The highest BCUT2D eigenvalue weighted by Crippen LogP contribution is 2.08. The van der Waals surface area contributed by atoms with E-state index in [9.17, 15) is 8.42 Å². The largest absolute Gasteiger partial charge is 0.382 e. The van der Waals surface area contributed by atoms with Gasteiger partial charge in [0.25, 0.3) is 0 Å². The fraction of sp³-hybridized carbons (Fsp3) is 0.600. The van der Waals surface area contributed by atoms with E-state index >= 15 is 0 Å². The van der Waals surface area contributed by atoms with Crippen molar-refractivity contribution in [3.63, 3.8) is 0 Å². The van der Waals surface area contributed by atoms with E-state index in [1.54, 1.807) is 0 Å². The first-order valence-electron chi connectivity index (χ1n) is 7.41. The molecule has 1 aromatic rings. The van der Waals surface area contributed by atoms with Gasteiger partial charge in [0, 0.05) is 26.3 Å². The predicted molar refractivity (Wildman–Crippen MR) is 85.6 cm³/mol. The van der Waals surface area contributed by atoms with E-state index < -0.39 is 10.0 Å². The number of nitrogens with one attached hydrogen (secondary N) is 2. The Labute approximate surface area is 128 Å². The maximum absolute atomic E-state index is 11.9. The summed E-state index contributed by atoms with van der Waals surface area (Å²) >= 11 is 0. The van der Waals surface area contributed by atoms with Crippen molar-refractivity contribution in [2.75, 3.05) is 26.3 Å². The predicted octanol–water partition coefficient (Wildman–Crippen LogP) is 1.64. The van der Waals surface area contributed by atoms with Crippen LogP contribution in [0.15, 0.2) is 24.3 Å². The van der Waals surface area contributed by atoms with Crippen LogP contribution in [0.1, 0.15) is 31.4 Å². The third-order valence-electron chi connectivity index (χ3n) is 2.95. The Kier molecular flexibility index (Phi) is 8.52. The Hall–Kier alpha value is -0.950. The Morgan fingerprint density at radius 2 is 1.76 bits per heavy atom. The lowest BCUT2D eigenvalue weighted by molar-refractivity contribution is 0.146. The first-order chi connectivity index (χ1) is 10.1. The zero-order chi connectivity index (χ0) is 15.6. The Morgan fingerprint density at radius 1 is 1.10 bits per heavy atom. The average Bonchev–Trinajstić information content (AvgIpc) is 2.46. The molecule has 0 aromatic heterocycles. The Balaban J connectivity index is 2.40. The van der Waals surface area contributed by atoms with Crippen LogP contribution in [0.25, 0.3) is 0 Å². The van der Waals surface area contributed by atoms with Crippen LogP contribution in [-0.4, -0.2) is 34.7 Å². The smallest absolute Gasteiger partial charge is 0.215 e. The van der Waals surface area contributed by atoms with Crippen molar-refractivity contribution in [1.82, 2.24) is 10.0 Å². The second-order valence-corrected chi connectivity index (χ2v) is 6.61. The molecule has 0 saturated carbocycles. The maximum atomic E-state index is 11.9. The number of benzene rings is 1. The van der Waals surface area contributed by atoms with Gasteiger partial charge in [-0.3, -0.25) is 0 Å². The lowest BCUT2D eigenvalue weighted by Gasteiger charge is -2.08. The van der Waals surface area contributed by atoms with E-state index in [0.717, 1.165) is 24.2 Å². The summed E-state index contributed by atoms with van der Waals surface area (Å²) < 4.78 is 31.6. The van der Waals surface area contributed by atoms with Crippen molar-refractivity contribution in [3.05, 3.63) is 35.4 Å². The maximum Gasteiger partial charge on any atom is 0.215 e. The minimum atomic E-state index is -3.27. The highest BCUT2D eigenvalue weighted by Gasteiger charge is 2.10. The van der Waals surface area contributed by atoms with Crippen LogP contribution in [0.5, 0.6) is 0 Å². The molecule has 0 atom stereocenters. The van der Waals surface area contributed by atoms with Gasteiger partial charge < -0.3 is 10.1 Å². The van der Waals surface area contributed by atoms with Crippen LogP contribution in [0.2, 0.25) is 0 Å². The van der Waals surface area contributed by atoms with Crippen molar-refractivity contribution in [3.8, 4) is 0 Å². The van der Waals surface area contributed by atoms with E-state index in [2.05, 4.69) is 17.0 Å².